The molecule has 0 bridgehead atoms. The summed E-state index contributed by atoms with van der Waals surface area (Å²) in [7, 11) is 0. The highest BCUT2D eigenvalue weighted by molar-refractivity contribution is 5.68. The number of likely N-dealkylation sites (tertiary alicyclic amines) is 2. The number of ether oxygens (including phenoxy) is 2. The van der Waals surface area contributed by atoms with Gasteiger partial charge in [-0.15, -0.1) is 0 Å². The molecule has 0 unspecified atom stereocenters. The molecule has 2 rings (SSSR count). The van der Waals surface area contributed by atoms with E-state index in [0.29, 0.717) is 6.10 Å². The van der Waals surface area contributed by atoms with E-state index in [0.717, 1.165) is 39.1 Å². The molecule has 0 aromatic rings. The van der Waals surface area contributed by atoms with Gasteiger partial charge in [0.15, 0.2) is 0 Å². The summed E-state index contributed by atoms with van der Waals surface area (Å²) in [6.07, 6.45) is 5.96. The summed E-state index contributed by atoms with van der Waals surface area (Å²) in [5.74, 6) is 0. The van der Waals surface area contributed by atoms with Crippen LogP contribution in [0.2, 0.25) is 0 Å². The van der Waals surface area contributed by atoms with Crippen molar-refractivity contribution in [1.82, 2.24) is 9.80 Å². The van der Waals surface area contributed by atoms with Crippen molar-refractivity contribution >= 4 is 6.09 Å². The first-order valence-electron chi connectivity index (χ1n) is 8.76. The topological polar surface area (TPSA) is 42.0 Å². The van der Waals surface area contributed by atoms with Gasteiger partial charge in [-0.3, -0.25) is 0 Å². The van der Waals surface area contributed by atoms with Crippen molar-refractivity contribution in [1.29, 1.82) is 0 Å². The Morgan fingerprint density at radius 3 is 2.27 bits per heavy atom. The third-order valence-electron chi connectivity index (χ3n) is 4.30. The van der Waals surface area contributed by atoms with E-state index in [4.69, 9.17) is 9.47 Å². The number of hydrogen-bond acceptors (Lipinski definition) is 4. The first-order valence-corrected chi connectivity index (χ1v) is 8.76. The van der Waals surface area contributed by atoms with Crippen molar-refractivity contribution < 1.29 is 14.3 Å². The standard InChI is InChI=1S/C17H32N2O3/c1-17(2,3)22-16(20)19-11-7-15(8-12-19)21-14-13-18-9-5-4-6-10-18/h15H,4-14H2,1-3H3. The largest absolute Gasteiger partial charge is 0.444 e. The Morgan fingerprint density at radius 2 is 1.68 bits per heavy atom. The fourth-order valence-electron chi connectivity index (χ4n) is 3.06. The quantitative estimate of drug-likeness (QED) is 0.800. The fraction of sp³-hybridized carbons (Fsp3) is 0.941. The minimum atomic E-state index is -0.418. The van der Waals surface area contributed by atoms with Gasteiger partial charge in [-0.2, -0.15) is 0 Å². The molecule has 0 radical (unpaired) electrons. The Kier molecular flexibility index (Phi) is 6.50. The number of piperidine rings is 2. The molecule has 2 fully saturated rings. The lowest BCUT2D eigenvalue weighted by atomic mass is 10.1. The third-order valence-corrected chi connectivity index (χ3v) is 4.30. The minimum absolute atomic E-state index is 0.195. The van der Waals surface area contributed by atoms with Gasteiger partial charge >= 0.3 is 6.09 Å². The Bertz CT molecular complexity index is 340. The second-order valence-electron chi connectivity index (χ2n) is 7.44. The fourth-order valence-corrected chi connectivity index (χ4v) is 3.06. The molecule has 1 amide bonds. The van der Waals surface area contributed by atoms with E-state index in [1.807, 2.05) is 20.8 Å². The molecule has 0 N–H and O–H groups in total. The van der Waals surface area contributed by atoms with Crippen LogP contribution >= 0.6 is 0 Å². The summed E-state index contributed by atoms with van der Waals surface area (Å²) in [6.45, 7) is 11.5. The summed E-state index contributed by atoms with van der Waals surface area (Å²) in [4.78, 5) is 16.3. The Balaban J connectivity index is 1.59. The van der Waals surface area contributed by atoms with E-state index in [1.54, 1.807) is 4.90 Å². The van der Waals surface area contributed by atoms with E-state index >= 15 is 0 Å². The smallest absolute Gasteiger partial charge is 0.410 e. The van der Waals surface area contributed by atoms with Crippen LogP contribution in [0.25, 0.3) is 0 Å². The van der Waals surface area contributed by atoms with Crippen LogP contribution in [0.15, 0.2) is 0 Å². The van der Waals surface area contributed by atoms with E-state index in [2.05, 4.69) is 4.90 Å². The van der Waals surface area contributed by atoms with Gasteiger partial charge in [0.05, 0.1) is 12.7 Å². The Hall–Kier alpha value is -0.810. The van der Waals surface area contributed by atoms with Crippen LogP contribution in [0.1, 0.15) is 52.9 Å². The first-order chi connectivity index (χ1) is 10.4. The SMILES string of the molecule is CC(C)(C)OC(=O)N1CCC(OCCN2CCCCC2)CC1. The van der Waals surface area contributed by atoms with Crippen molar-refractivity contribution in [3.8, 4) is 0 Å². The maximum absolute atomic E-state index is 12.0. The highest BCUT2D eigenvalue weighted by Gasteiger charge is 2.27. The first kappa shape index (κ1) is 17.5. The lowest BCUT2D eigenvalue weighted by molar-refractivity contribution is -0.0167. The third kappa shape index (κ3) is 6.13. The molecule has 0 spiro atoms. The molecule has 0 aromatic carbocycles. The van der Waals surface area contributed by atoms with Crippen LogP contribution in [-0.4, -0.2) is 66.9 Å². The van der Waals surface area contributed by atoms with Gasteiger partial charge in [-0.25, -0.2) is 4.79 Å². The molecule has 22 heavy (non-hydrogen) atoms. The predicted octanol–water partition coefficient (Wildman–Crippen LogP) is 2.89. The molecule has 128 valence electrons. The summed E-state index contributed by atoms with van der Waals surface area (Å²) in [5, 5.41) is 0. The molecule has 0 aliphatic carbocycles. The van der Waals surface area contributed by atoms with Crippen molar-refractivity contribution in [2.75, 3.05) is 39.3 Å². The molecule has 5 heteroatoms. The molecule has 0 atom stereocenters. The summed E-state index contributed by atoms with van der Waals surface area (Å²) < 4.78 is 11.4. The zero-order valence-electron chi connectivity index (χ0n) is 14.5. The number of hydrogen-bond donors (Lipinski definition) is 0. The van der Waals surface area contributed by atoms with Crippen molar-refractivity contribution in [2.45, 2.75) is 64.6 Å². The highest BCUT2D eigenvalue weighted by Crippen LogP contribution is 2.17. The van der Waals surface area contributed by atoms with Crippen molar-refractivity contribution in [3.05, 3.63) is 0 Å². The summed E-state index contributed by atoms with van der Waals surface area (Å²) in [6, 6.07) is 0. The second kappa shape index (κ2) is 8.16. The molecule has 5 nitrogen and oxygen atoms in total. The van der Waals surface area contributed by atoms with Crippen LogP contribution in [0, 0.1) is 0 Å². The average molecular weight is 312 g/mol. The molecule has 2 aliphatic rings. The molecular formula is C17H32N2O3. The monoisotopic (exact) mass is 312 g/mol. The van der Waals surface area contributed by atoms with E-state index in [9.17, 15) is 4.79 Å². The van der Waals surface area contributed by atoms with Gasteiger partial charge < -0.3 is 19.3 Å². The number of rotatable bonds is 4. The maximum Gasteiger partial charge on any atom is 0.410 e. The molecule has 2 saturated heterocycles. The normalized spacial score (nSPS) is 21.9. The van der Waals surface area contributed by atoms with Crippen LogP contribution in [-0.2, 0) is 9.47 Å². The van der Waals surface area contributed by atoms with Crippen molar-refractivity contribution in [2.24, 2.45) is 0 Å². The van der Waals surface area contributed by atoms with Crippen LogP contribution in [0.4, 0.5) is 4.79 Å². The maximum atomic E-state index is 12.0. The highest BCUT2D eigenvalue weighted by atomic mass is 16.6. The van der Waals surface area contributed by atoms with Gasteiger partial charge in [0, 0.05) is 19.6 Å². The minimum Gasteiger partial charge on any atom is -0.444 e. The van der Waals surface area contributed by atoms with Gasteiger partial charge in [-0.1, -0.05) is 6.42 Å². The zero-order valence-corrected chi connectivity index (χ0v) is 14.5. The zero-order chi connectivity index (χ0) is 16.0. The molecule has 0 aromatic heterocycles. The molecule has 2 heterocycles. The van der Waals surface area contributed by atoms with Gasteiger partial charge in [0.2, 0.25) is 0 Å². The van der Waals surface area contributed by atoms with Crippen LogP contribution < -0.4 is 0 Å². The second-order valence-corrected chi connectivity index (χ2v) is 7.44. The Morgan fingerprint density at radius 1 is 1.05 bits per heavy atom. The summed E-state index contributed by atoms with van der Waals surface area (Å²) in [5.41, 5.74) is -0.418. The number of amides is 1. The molecule has 2 aliphatic heterocycles. The lowest BCUT2D eigenvalue weighted by Crippen LogP contribution is -2.44. The summed E-state index contributed by atoms with van der Waals surface area (Å²) >= 11 is 0. The van der Waals surface area contributed by atoms with E-state index in [-0.39, 0.29) is 6.09 Å². The van der Waals surface area contributed by atoms with Gasteiger partial charge in [0.25, 0.3) is 0 Å². The van der Waals surface area contributed by atoms with Gasteiger partial charge in [-0.05, 0) is 59.5 Å². The van der Waals surface area contributed by atoms with Crippen molar-refractivity contribution in [3.63, 3.8) is 0 Å². The lowest BCUT2D eigenvalue weighted by Gasteiger charge is -2.34. The average Bonchev–Trinajstić information content (AvgIpc) is 2.47. The van der Waals surface area contributed by atoms with E-state index < -0.39 is 5.60 Å². The molecule has 0 saturated carbocycles. The number of nitrogens with zero attached hydrogens (tertiary/aromatic N) is 2. The molecular weight excluding hydrogens is 280 g/mol. The Labute approximate surface area is 134 Å². The van der Waals surface area contributed by atoms with Gasteiger partial charge in [0.1, 0.15) is 5.60 Å². The number of carbonyl (C=O) groups is 1. The number of carbonyl (C=O) groups excluding carboxylic acids is 1. The predicted molar refractivity (Wildman–Crippen MR) is 87.1 cm³/mol. The van der Waals surface area contributed by atoms with Crippen LogP contribution in [0.5, 0.6) is 0 Å². The van der Waals surface area contributed by atoms with Crippen LogP contribution in [0.3, 0.4) is 0 Å². The van der Waals surface area contributed by atoms with E-state index in [1.165, 1.54) is 32.4 Å².